The molecule has 1 aliphatic carbocycles. The Bertz CT molecular complexity index is 693. The zero-order valence-electron chi connectivity index (χ0n) is 16.8. The second kappa shape index (κ2) is 8.32. The predicted molar refractivity (Wildman–Crippen MR) is 108 cm³/mol. The van der Waals surface area contributed by atoms with Crippen LogP contribution in [0.25, 0.3) is 0 Å². The number of ether oxygens (including phenoxy) is 1. The maximum Gasteiger partial charge on any atom is 0.236 e. The smallest absolute Gasteiger partial charge is 0.236 e. The molecule has 2 aliphatic rings. The molecule has 1 saturated carbocycles. The standard InChI is InChI=1S/C22H32N2O3/c1-4-12-24-18-11-10-17(14-19(18)27-15-22(2,3)21(24)26)23-20(25)13-16-8-6-5-7-9-16/h10-11,14,16H,4-9,12-13,15H2,1-3H3,(H,23,25). The number of carbonyl (C=O) groups excluding carboxylic acids is 2. The Morgan fingerprint density at radius 2 is 2.00 bits per heavy atom. The first-order valence-electron chi connectivity index (χ1n) is 10.3. The molecule has 1 aromatic rings. The third-order valence-corrected chi connectivity index (χ3v) is 5.59. The van der Waals surface area contributed by atoms with Gasteiger partial charge in [-0.05, 0) is 51.2 Å². The van der Waals surface area contributed by atoms with Crippen molar-refractivity contribution >= 4 is 23.2 Å². The van der Waals surface area contributed by atoms with Crippen LogP contribution in [0, 0.1) is 11.3 Å². The molecular weight excluding hydrogens is 340 g/mol. The average Bonchev–Trinajstić information content (AvgIpc) is 2.73. The van der Waals surface area contributed by atoms with Gasteiger partial charge in [-0.15, -0.1) is 0 Å². The lowest BCUT2D eigenvalue weighted by molar-refractivity contribution is -0.127. The molecule has 0 unspecified atom stereocenters. The first-order valence-corrected chi connectivity index (χ1v) is 10.3. The maximum atomic E-state index is 12.9. The topological polar surface area (TPSA) is 58.6 Å². The third-order valence-electron chi connectivity index (χ3n) is 5.59. The summed E-state index contributed by atoms with van der Waals surface area (Å²) >= 11 is 0. The van der Waals surface area contributed by atoms with Crippen LogP contribution in [-0.4, -0.2) is 25.0 Å². The van der Waals surface area contributed by atoms with Gasteiger partial charge < -0.3 is 15.0 Å². The van der Waals surface area contributed by atoms with Crippen molar-refractivity contribution in [1.82, 2.24) is 0 Å². The van der Waals surface area contributed by atoms with Gasteiger partial charge in [-0.3, -0.25) is 9.59 Å². The number of rotatable bonds is 5. The molecule has 0 atom stereocenters. The molecule has 0 saturated heterocycles. The zero-order valence-corrected chi connectivity index (χ0v) is 16.8. The van der Waals surface area contributed by atoms with Crippen LogP contribution in [0.5, 0.6) is 5.75 Å². The molecule has 1 heterocycles. The molecular formula is C22H32N2O3. The molecule has 1 aliphatic heterocycles. The van der Waals surface area contributed by atoms with Crippen molar-refractivity contribution in [2.75, 3.05) is 23.4 Å². The van der Waals surface area contributed by atoms with Crippen molar-refractivity contribution in [2.24, 2.45) is 11.3 Å². The number of hydrogen-bond donors (Lipinski definition) is 1. The summed E-state index contributed by atoms with van der Waals surface area (Å²) in [6, 6.07) is 5.61. The quantitative estimate of drug-likeness (QED) is 0.811. The fourth-order valence-corrected chi connectivity index (χ4v) is 4.04. The molecule has 0 bridgehead atoms. The van der Waals surface area contributed by atoms with Crippen molar-refractivity contribution in [3.8, 4) is 5.75 Å². The van der Waals surface area contributed by atoms with Crippen molar-refractivity contribution in [3.63, 3.8) is 0 Å². The van der Waals surface area contributed by atoms with Crippen LogP contribution in [0.15, 0.2) is 18.2 Å². The fourth-order valence-electron chi connectivity index (χ4n) is 4.04. The first-order chi connectivity index (χ1) is 12.9. The minimum absolute atomic E-state index is 0.0669. The number of carbonyl (C=O) groups is 2. The van der Waals surface area contributed by atoms with E-state index in [1.807, 2.05) is 36.9 Å². The molecule has 0 radical (unpaired) electrons. The fraction of sp³-hybridized carbons (Fsp3) is 0.636. The summed E-state index contributed by atoms with van der Waals surface area (Å²) in [6.07, 6.45) is 7.55. The second-order valence-corrected chi connectivity index (χ2v) is 8.57. The number of amides is 2. The lowest BCUT2D eigenvalue weighted by Gasteiger charge is -2.27. The SMILES string of the molecule is CCCN1C(=O)C(C)(C)COc2cc(NC(=O)CC3CCCCC3)ccc21. The van der Waals surface area contributed by atoms with E-state index in [-0.39, 0.29) is 11.8 Å². The number of nitrogens with zero attached hydrogens (tertiary/aromatic N) is 1. The minimum atomic E-state index is -0.571. The van der Waals surface area contributed by atoms with Crippen LogP contribution >= 0.6 is 0 Å². The summed E-state index contributed by atoms with van der Waals surface area (Å²) in [6.45, 7) is 6.88. The molecule has 1 N–H and O–H groups in total. The molecule has 0 aromatic heterocycles. The lowest BCUT2D eigenvalue weighted by Crippen LogP contribution is -2.42. The van der Waals surface area contributed by atoms with Gasteiger partial charge in [0, 0.05) is 24.7 Å². The highest BCUT2D eigenvalue weighted by Crippen LogP contribution is 2.38. The minimum Gasteiger partial charge on any atom is -0.490 e. The Hall–Kier alpha value is -2.04. The van der Waals surface area contributed by atoms with Gasteiger partial charge in [-0.1, -0.05) is 26.2 Å². The van der Waals surface area contributed by atoms with Crippen LogP contribution in [0.3, 0.4) is 0 Å². The molecule has 2 amide bonds. The number of nitrogens with one attached hydrogen (secondary N) is 1. The second-order valence-electron chi connectivity index (χ2n) is 8.57. The van der Waals surface area contributed by atoms with Gasteiger partial charge in [0.05, 0.1) is 11.1 Å². The Kier molecular flexibility index (Phi) is 6.08. The van der Waals surface area contributed by atoms with Crippen LogP contribution in [0.2, 0.25) is 0 Å². The molecule has 0 spiro atoms. The van der Waals surface area contributed by atoms with E-state index in [4.69, 9.17) is 4.74 Å². The largest absolute Gasteiger partial charge is 0.490 e. The summed E-state index contributed by atoms with van der Waals surface area (Å²) < 4.78 is 5.97. The van der Waals surface area contributed by atoms with Crippen molar-refractivity contribution in [2.45, 2.75) is 65.7 Å². The third kappa shape index (κ3) is 4.63. The first kappa shape index (κ1) is 19.7. The molecule has 5 heteroatoms. The van der Waals surface area contributed by atoms with Crippen LogP contribution in [0.1, 0.15) is 65.7 Å². The van der Waals surface area contributed by atoms with Crippen LogP contribution in [0.4, 0.5) is 11.4 Å². The summed E-state index contributed by atoms with van der Waals surface area (Å²) in [7, 11) is 0. The van der Waals surface area contributed by atoms with Crippen molar-refractivity contribution in [1.29, 1.82) is 0 Å². The highest BCUT2D eigenvalue weighted by Gasteiger charge is 2.37. The van der Waals surface area contributed by atoms with E-state index >= 15 is 0 Å². The van der Waals surface area contributed by atoms with Gasteiger partial charge in [0.1, 0.15) is 12.4 Å². The normalized spacial score (nSPS) is 19.8. The van der Waals surface area contributed by atoms with Gasteiger partial charge in [0.25, 0.3) is 0 Å². The number of hydrogen-bond acceptors (Lipinski definition) is 3. The Balaban J connectivity index is 1.74. The number of benzene rings is 1. The van der Waals surface area contributed by atoms with Gasteiger partial charge in [-0.2, -0.15) is 0 Å². The Morgan fingerprint density at radius 3 is 2.70 bits per heavy atom. The van der Waals surface area contributed by atoms with Gasteiger partial charge >= 0.3 is 0 Å². The zero-order chi connectivity index (χ0) is 19.4. The summed E-state index contributed by atoms with van der Waals surface area (Å²) in [5, 5.41) is 3.02. The van der Waals surface area contributed by atoms with E-state index in [0.717, 1.165) is 30.6 Å². The van der Waals surface area contributed by atoms with E-state index in [1.54, 1.807) is 0 Å². The van der Waals surface area contributed by atoms with E-state index in [1.165, 1.54) is 19.3 Å². The van der Waals surface area contributed by atoms with Crippen LogP contribution in [-0.2, 0) is 9.59 Å². The number of fused-ring (bicyclic) bond motifs is 1. The van der Waals surface area contributed by atoms with Crippen molar-refractivity contribution in [3.05, 3.63) is 18.2 Å². The van der Waals surface area contributed by atoms with Gasteiger partial charge in [-0.25, -0.2) is 0 Å². The molecule has 3 rings (SSSR count). The summed E-state index contributed by atoms with van der Waals surface area (Å²) in [4.78, 5) is 27.1. The lowest BCUT2D eigenvalue weighted by atomic mass is 9.87. The predicted octanol–water partition coefficient (Wildman–Crippen LogP) is 4.76. The van der Waals surface area contributed by atoms with E-state index in [2.05, 4.69) is 12.2 Å². The monoisotopic (exact) mass is 372 g/mol. The molecule has 5 nitrogen and oxygen atoms in total. The molecule has 27 heavy (non-hydrogen) atoms. The molecule has 1 fully saturated rings. The average molecular weight is 373 g/mol. The molecule has 1 aromatic carbocycles. The van der Waals surface area contributed by atoms with E-state index in [9.17, 15) is 9.59 Å². The number of anilines is 2. The Morgan fingerprint density at radius 1 is 1.26 bits per heavy atom. The van der Waals surface area contributed by atoms with Crippen LogP contribution < -0.4 is 15.0 Å². The van der Waals surface area contributed by atoms with Gasteiger partial charge in [0.15, 0.2) is 0 Å². The van der Waals surface area contributed by atoms with E-state index in [0.29, 0.717) is 31.2 Å². The summed E-state index contributed by atoms with van der Waals surface area (Å²) in [5.74, 6) is 1.32. The van der Waals surface area contributed by atoms with Crippen molar-refractivity contribution < 1.29 is 14.3 Å². The highest BCUT2D eigenvalue weighted by atomic mass is 16.5. The van der Waals surface area contributed by atoms with Gasteiger partial charge in [0.2, 0.25) is 11.8 Å². The molecule has 148 valence electrons. The van der Waals surface area contributed by atoms with E-state index < -0.39 is 5.41 Å². The highest BCUT2D eigenvalue weighted by molar-refractivity contribution is 6.00. The maximum absolute atomic E-state index is 12.9. The summed E-state index contributed by atoms with van der Waals surface area (Å²) in [5.41, 5.74) is 0.953. The Labute approximate surface area is 162 Å².